The number of carboxylic acids is 1. The summed E-state index contributed by atoms with van der Waals surface area (Å²) in [6, 6.07) is 10.8. The van der Waals surface area contributed by atoms with Crippen LogP contribution in [0.1, 0.15) is 54.9 Å². The van der Waals surface area contributed by atoms with E-state index in [1.54, 1.807) is 12.1 Å². The van der Waals surface area contributed by atoms with Gasteiger partial charge in [0.05, 0.1) is 5.54 Å². The van der Waals surface area contributed by atoms with Crippen molar-refractivity contribution in [2.75, 3.05) is 17.2 Å². The molecule has 2 amide bonds. The number of anilines is 3. The molecular formula is C34H33ClF3N7O6. The van der Waals surface area contributed by atoms with Crippen LogP contribution in [0.4, 0.5) is 30.8 Å². The van der Waals surface area contributed by atoms with Crippen molar-refractivity contribution in [3.8, 4) is 6.01 Å². The number of aromatic nitrogens is 3. The zero-order valence-corrected chi connectivity index (χ0v) is 27.8. The van der Waals surface area contributed by atoms with Crippen LogP contribution in [0.3, 0.4) is 0 Å². The predicted molar refractivity (Wildman–Crippen MR) is 175 cm³/mol. The van der Waals surface area contributed by atoms with Crippen LogP contribution in [0.25, 0.3) is 0 Å². The second kappa shape index (κ2) is 12.7. The molecule has 0 radical (unpaired) electrons. The molecule has 51 heavy (non-hydrogen) atoms. The molecule has 5 N–H and O–H groups in total. The number of hydrogen-bond donors (Lipinski definition) is 5. The number of fused-ring (bicyclic) bond motifs is 1. The molecule has 2 bridgehead atoms. The Bertz CT molecular complexity index is 1880. The van der Waals surface area contributed by atoms with Gasteiger partial charge >= 0.3 is 18.2 Å². The van der Waals surface area contributed by atoms with Crippen molar-refractivity contribution in [2.45, 2.75) is 62.8 Å². The maximum absolute atomic E-state index is 12.9. The second-order valence-electron chi connectivity index (χ2n) is 13.8. The minimum Gasteiger partial charge on any atom is -0.480 e. The minimum atomic E-state index is -4.64. The summed E-state index contributed by atoms with van der Waals surface area (Å²) in [6.45, 7) is 0.490. The number of hydrogen-bond acceptors (Lipinski definition) is 10. The van der Waals surface area contributed by atoms with Crippen LogP contribution in [0.2, 0.25) is 5.02 Å². The Labute approximate surface area is 294 Å². The van der Waals surface area contributed by atoms with E-state index in [2.05, 4.69) is 43.1 Å². The molecule has 13 nitrogen and oxygen atoms in total. The van der Waals surface area contributed by atoms with Crippen LogP contribution >= 0.6 is 11.6 Å². The van der Waals surface area contributed by atoms with Gasteiger partial charge < -0.3 is 31.1 Å². The molecule has 2 aromatic carbocycles. The summed E-state index contributed by atoms with van der Waals surface area (Å²) in [4.78, 5) is 62.1. The lowest BCUT2D eigenvalue weighted by molar-refractivity contribution is -0.154. The first-order chi connectivity index (χ1) is 24.1. The number of ketones is 1. The third-order valence-corrected chi connectivity index (χ3v) is 10.7. The molecule has 0 spiro atoms. The first-order valence-electron chi connectivity index (χ1n) is 16.4. The predicted octanol–water partition coefficient (Wildman–Crippen LogP) is 4.61. The number of Topliss-reactive ketones (excluding diaryl/α,β-unsaturated/α-hetero) is 1. The molecular weight excluding hydrogens is 695 g/mol. The lowest BCUT2D eigenvalue weighted by Crippen LogP contribution is -2.44. The van der Waals surface area contributed by atoms with Crippen LogP contribution in [0.5, 0.6) is 6.01 Å². The Balaban J connectivity index is 0.968. The van der Waals surface area contributed by atoms with Crippen LogP contribution in [-0.2, 0) is 19.9 Å². The molecule has 17 heteroatoms. The number of halogens is 4. The molecule has 268 valence electrons. The summed E-state index contributed by atoms with van der Waals surface area (Å²) in [6.07, 6.45) is -2.99. The molecule has 4 atom stereocenters. The Kier molecular flexibility index (Phi) is 8.55. The quantitative estimate of drug-likeness (QED) is 0.138. The number of nitrogens with zero attached hydrogens (tertiary/aromatic N) is 3. The lowest BCUT2D eigenvalue weighted by atomic mass is 9.96. The molecule has 0 aliphatic heterocycles. The number of benzene rings is 2. The van der Waals surface area contributed by atoms with Crippen LogP contribution in [0, 0.1) is 23.2 Å². The molecule has 3 aromatic rings. The van der Waals surface area contributed by atoms with Crippen molar-refractivity contribution < 1.29 is 42.2 Å². The highest BCUT2D eigenvalue weighted by Gasteiger charge is 2.88. The fraction of sp³-hybridized carbons (Fsp3) is 0.441. The Hall–Kier alpha value is -4.99. The van der Waals surface area contributed by atoms with Gasteiger partial charge in [0.1, 0.15) is 6.04 Å². The van der Waals surface area contributed by atoms with Gasteiger partial charge in [-0.1, -0.05) is 30.7 Å². The van der Waals surface area contributed by atoms with Gasteiger partial charge in [0.25, 0.3) is 11.8 Å². The molecule has 5 saturated carbocycles. The summed E-state index contributed by atoms with van der Waals surface area (Å²) in [7, 11) is 0. The molecule has 0 saturated heterocycles. The molecule has 1 aromatic heterocycles. The van der Waals surface area contributed by atoms with Crippen molar-refractivity contribution in [3.05, 3.63) is 64.7 Å². The first kappa shape index (κ1) is 34.5. The van der Waals surface area contributed by atoms with E-state index in [-0.39, 0.29) is 41.8 Å². The van der Waals surface area contributed by atoms with E-state index in [0.29, 0.717) is 41.3 Å². The topological polar surface area (TPSA) is 185 Å². The standard InChI is InChI=1S/C34H33ClF3N7O6/c1-32-23(14-20-24(32)25(20)32)41-27(48)22(46)11-10-21(28(49)50)40-26(47)16-2-8-19(9-3-16)39-29-42-30(44-31(43-29)51-15-34(36,37)38)45-33(12-13-33)17-4-6-18(35)7-5-17/h2-9,20-21,23-25H,10-15H2,1H3,(H,40,47)(H,41,48)(H,49,50)(H2,39,42,43,44,45)/t20?,21-,23+,24?,25?,32?/m0/s1. The SMILES string of the molecule is CC12C3C(C[C@H]1NC(=O)C(=O)CC[C@H](NC(=O)c1ccc(Nc4nc(NC5(c6ccc(Cl)cc6)CC5)nc(OCC(F)(F)F)n4)cc1)C(=O)O)C32. The molecule has 5 fully saturated rings. The van der Waals surface area contributed by atoms with Gasteiger partial charge in [0, 0.05) is 28.7 Å². The van der Waals surface area contributed by atoms with Crippen molar-refractivity contribution in [1.29, 1.82) is 0 Å². The molecule has 5 aliphatic rings. The van der Waals surface area contributed by atoms with E-state index in [1.165, 1.54) is 24.3 Å². The van der Waals surface area contributed by atoms with Crippen LogP contribution in [0.15, 0.2) is 48.5 Å². The first-order valence-corrected chi connectivity index (χ1v) is 16.8. The number of aliphatic carboxylic acids is 1. The Morgan fingerprint density at radius 1 is 1.00 bits per heavy atom. The Morgan fingerprint density at radius 2 is 1.67 bits per heavy atom. The van der Waals surface area contributed by atoms with Crippen LogP contribution in [-0.4, -0.2) is 68.5 Å². The smallest absolute Gasteiger partial charge is 0.422 e. The fourth-order valence-electron chi connectivity index (χ4n) is 7.51. The van der Waals surface area contributed by atoms with E-state index in [4.69, 9.17) is 16.3 Å². The van der Waals surface area contributed by atoms with E-state index in [1.807, 2.05) is 12.1 Å². The van der Waals surface area contributed by atoms with E-state index in [0.717, 1.165) is 12.0 Å². The monoisotopic (exact) mass is 727 g/mol. The average Bonchev–Trinajstić information content (AvgIpc) is 4.03. The Morgan fingerprint density at radius 3 is 2.25 bits per heavy atom. The maximum atomic E-state index is 12.9. The van der Waals surface area contributed by atoms with Crippen molar-refractivity contribution in [3.63, 3.8) is 0 Å². The summed E-state index contributed by atoms with van der Waals surface area (Å²) < 4.78 is 43.6. The zero-order valence-electron chi connectivity index (χ0n) is 27.1. The van der Waals surface area contributed by atoms with Gasteiger partial charge in [-0.3, -0.25) is 14.4 Å². The highest BCUT2D eigenvalue weighted by Crippen LogP contribution is 2.89. The largest absolute Gasteiger partial charge is 0.480 e. The average molecular weight is 728 g/mol. The maximum Gasteiger partial charge on any atom is 0.422 e. The van der Waals surface area contributed by atoms with Gasteiger partial charge in [-0.15, -0.1) is 0 Å². The minimum absolute atomic E-state index is 0.0332. The van der Waals surface area contributed by atoms with Gasteiger partial charge in [0.2, 0.25) is 17.7 Å². The van der Waals surface area contributed by atoms with Crippen molar-refractivity contribution in [1.82, 2.24) is 25.6 Å². The molecule has 2 unspecified atom stereocenters. The summed E-state index contributed by atoms with van der Waals surface area (Å²) >= 11 is 6.02. The van der Waals surface area contributed by atoms with Gasteiger partial charge in [-0.2, -0.15) is 28.1 Å². The second-order valence-corrected chi connectivity index (χ2v) is 14.2. The highest BCUT2D eigenvalue weighted by molar-refractivity contribution is 6.36. The third kappa shape index (κ3) is 7.14. The van der Waals surface area contributed by atoms with Crippen LogP contribution < -0.4 is 26.0 Å². The molecule has 5 aliphatic carbocycles. The molecule has 8 rings (SSSR count). The number of nitrogens with one attached hydrogen (secondary N) is 4. The summed E-state index contributed by atoms with van der Waals surface area (Å²) in [5.41, 5.74) is 0.841. The molecule has 1 heterocycles. The lowest BCUT2D eigenvalue weighted by Gasteiger charge is -2.20. The summed E-state index contributed by atoms with van der Waals surface area (Å²) in [5, 5.41) is 21.4. The number of carbonyl (C=O) groups is 4. The number of carboxylic acid groups (broad SMARTS) is 1. The number of ether oxygens (including phenoxy) is 1. The van der Waals surface area contributed by atoms with Gasteiger partial charge in [-0.05, 0) is 90.8 Å². The fourth-order valence-corrected chi connectivity index (χ4v) is 7.64. The third-order valence-electron chi connectivity index (χ3n) is 10.5. The number of amides is 2. The summed E-state index contributed by atoms with van der Waals surface area (Å²) in [5.74, 6) is -1.82. The van der Waals surface area contributed by atoms with Gasteiger partial charge in [0.15, 0.2) is 6.61 Å². The van der Waals surface area contributed by atoms with E-state index >= 15 is 0 Å². The number of carbonyl (C=O) groups excluding carboxylic acids is 3. The van der Waals surface area contributed by atoms with Crippen molar-refractivity contribution in [2.24, 2.45) is 23.2 Å². The van der Waals surface area contributed by atoms with Gasteiger partial charge in [-0.25, -0.2) is 4.79 Å². The highest BCUT2D eigenvalue weighted by atomic mass is 35.5. The zero-order chi connectivity index (χ0) is 36.3. The van der Waals surface area contributed by atoms with E-state index < -0.39 is 53.9 Å². The van der Waals surface area contributed by atoms with E-state index in [9.17, 15) is 37.5 Å². The normalized spacial score (nSPS) is 25.1. The van der Waals surface area contributed by atoms with Crippen molar-refractivity contribution >= 4 is 52.8 Å². The number of rotatable bonds is 15. The number of alkyl halides is 3.